The number of para-hydroxylation sites is 2. The van der Waals surface area contributed by atoms with Crippen molar-refractivity contribution in [1.29, 1.82) is 0 Å². The first-order valence-electron chi connectivity index (χ1n) is 9.26. The fourth-order valence-corrected chi connectivity index (χ4v) is 3.27. The minimum Gasteiger partial charge on any atom is -0.486 e. The Balaban J connectivity index is 1.29. The zero-order chi connectivity index (χ0) is 19.5. The molecule has 0 fully saturated rings. The minimum atomic E-state index is -0.226. The predicted molar refractivity (Wildman–Crippen MR) is 103 cm³/mol. The topological polar surface area (TPSA) is 77.1 Å². The number of hydrogen-bond acceptors (Lipinski definition) is 5. The van der Waals surface area contributed by atoms with Crippen LogP contribution < -0.4 is 19.5 Å². The van der Waals surface area contributed by atoms with Crippen LogP contribution in [0.2, 0.25) is 0 Å². The maximum atomic E-state index is 12.4. The van der Waals surface area contributed by atoms with Crippen molar-refractivity contribution in [2.45, 2.75) is 18.9 Å². The van der Waals surface area contributed by atoms with Crippen LogP contribution >= 0.6 is 0 Å². The molecule has 2 aliphatic rings. The van der Waals surface area contributed by atoms with Crippen molar-refractivity contribution in [3.05, 3.63) is 48.0 Å². The second-order valence-corrected chi connectivity index (χ2v) is 6.93. The molecule has 2 amide bonds. The highest BCUT2D eigenvalue weighted by atomic mass is 16.6. The van der Waals surface area contributed by atoms with Crippen LogP contribution in [0.15, 0.2) is 42.5 Å². The van der Waals surface area contributed by atoms with Gasteiger partial charge in [-0.3, -0.25) is 9.59 Å². The Kier molecular flexibility index (Phi) is 5.06. The Labute approximate surface area is 163 Å². The second-order valence-electron chi connectivity index (χ2n) is 6.93. The molecule has 4 rings (SSSR count). The van der Waals surface area contributed by atoms with E-state index in [0.717, 1.165) is 17.0 Å². The number of anilines is 1. The van der Waals surface area contributed by atoms with Crippen molar-refractivity contribution in [3.63, 3.8) is 0 Å². The van der Waals surface area contributed by atoms with Crippen LogP contribution in [0.3, 0.4) is 0 Å². The highest BCUT2D eigenvalue weighted by molar-refractivity contribution is 5.94. The summed E-state index contributed by atoms with van der Waals surface area (Å²) in [7, 11) is 1.72. The molecule has 7 heteroatoms. The van der Waals surface area contributed by atoms with Gasteiger partial charge in [0.15, 0.2) is 24.2 Å². The average Bonchev–Trinajstić information content (AvgIpc) is 2.71. The molecule has 2 heterocycles. The highest BCUT2D eigenvalue weighted by Crippen LogP contribution is 2.31. The molecule has 0 bridgehead atoms. The Morgan fingerprint density at radius 3 is 2.89 bits per heavy atom. The SMILES string of the molecule is CN(C[C@H]1COc2ccccc2O1)C(=O)COc1ccc2c(c1)CCC(=O)N2. The number of carbonyl (C=O) groups is 2. The van der Waals surface area contributed by atoms with Crippen molar-refractivity contribution >= 4 is 17.5 Å². The van der Waals surface area contributed by atoms with Crippen molar-refractivity contribution < 1.29 is 23.8 Å². The zero-order valence-corrected chi connectivity index (χ0v) is 15.6. The number of likely N-dealkylation sites (N-methyl/N-ethyl adjacent to an activating group) is 1. The number of hydrogen-bond donors (Lipinski definition) is 1. The molecule has 28 heavy (non-hydrogen) atoms. The largest absolute Gasteiger partial charge is 0.486 e. The summed E-state index contributed by atoms with van der Waals surface area (Å²) in [6, 6.07) is 12.9. The molecule has 0 aromatic heterocycles. The van der Waals surface area contributed by atoms with E-state index < -0.39 is 0 Å². The summed E-state index contributed by atoms with van der Waals surface area (Å²) >= 11 is 0. The van der Waals surface area contributed by atoms with Gasteiger partial charge in [-0.25, -0.2) is 0 Å². The van der Waals surface area contributed by atoms with Crippen LogP contribution in [0.4, 0.5) is 5.69 Å². The van der Waals surface area contributed by atoms with Gasteiger partial charge in [-0.2, -0.15) is 0 Å². The van der Waals surface area contributed by atoms with E-state index in [0.29, 0.717) is 37.5 Å². The molecule has 0 radical (unpaired) electrons. The fourth-order valence-electron chi connectivity index (χ4n) is 3.27. The molecule has 0 saturated heterocycles. The predicted octanol–water partition coefficient (Wildman–Crippen LogP) is 2.25. The molecule has 2 aliphatic heterocycles. The van der Waals surface area contributed by atoms with E-state index in [-0.39, 0.29) is 24.5 Å². The molecule has 1 N–H and O–H groups in total. The Morgan fingerprint density at radius 2 is 2.04 bits per heavy atom. The first kappa shape index (κ1) is 18.2. The third-order valence-electron chi connectivity index (χ3n) is 4.81. The van der Waals surface area contributed by atoms with Gasteiger partial charge < -0.3 is 24.4 Å². The Morgan fingerprint density at radius 1 is 1.21 bits per heavy atom. The lowest BCUT2D eigenvalue weighted by molar-refractivity contribution is -0.133. The molecule has 2 aromatic rings. The lowest BCUT2D eigenvalue weighted by Crippen LogP contribution is -2.43. The normalized spacial score (nSPS) is 17.3. The third kappa shape index (κ3) is 4.03. The summed E-state index contributed by atoms with van der Waals surface area (Å²) in [4.78, 5) is 25.4. The maximum Gasteiger partial charge on any atom is 0.260 e. The van der Waals surface area contributed by atoms with Gasteiger partial charge in [0, 0.05) is 19.2 Å². The highest BCUT2D eigenvalue weighted by Gasteiger charge is 2.24. The lowest BCUT2D eigenvalue weighted by Gasteiger charge is -2.29. The summed E-state index contributed by atoms with van der Waals surface area (Å²) < 4.78 is 17.2. The molecule has 0 saturated carbocycles. The summed E-state index contributed by atoms with van der Waals surface area (Å²) in [5.74, 6) is 1.91. The van der Waals surface area contributed by atoms with Crippen LogP contribution in [0.25, 0.3) is 0 Å². The van der Waals surface area contributed by atoms with Crippen molar-refractivity contribution in [3.8, 4) is 17.2 Å². The fraction of sp³-hybridized carbons (Fsp3) is 0.333. The van der Waals surface area contributed by atoms with E-state index in [1.807, 2.05) is 30.3 Å². The first-order valence-corrected chi connectivity index (χ1v) is 9.26. The quantitative estimate of drug-likeness (QED) is 0.858. The second kappa shape index (κ2) is 7.80. The number of carbonyl (C=O) groups excluding carboxylic acids is 2. The monoisotopic (exact) mass is 382 g/mol. The number of aryl methyl sites for hydroxylation is 1. The Bertz CT molecular complexity index is 898. The van der Waals surface area contributed by atoms with Crippen LogP contribution in [-0.2, 0) is 16.0 Å². The van der Waals surface area contributed by atoms with Crippen LogP contribution in [-0.4, -0.2) is 49.6 Å². The van der Waals surface area contributed by atoms with Gasteiger partial charge in [-0.1, -0.05) is 12.1 Å². The van der Waals surface area contributed by atoms with Crippen LogP contribution in [0.1, 0.15) is 12.0 Å². The number of benzene rings is 2. The van der Waals surface area contributed by atoms with Gasteiger partial charge in [0.05, 0.1) is 6.54 Å². The van der Waals surface area contributed by atoms with Gasteiger partial charge in [0.1, 0.15) is 12.4 Å². The summed E-state index contributed by atoms with van der Waals surface area (Å²) in [6.45, 7) is 0.741. The number of nitrogens with zero attached hydrogens (tertiary/aromatic N) is 1. The van der Waals surface area contributed by atoms with Gasteiger partial charge in [0.25, 0.3) is 5.91 Å². The molecule has 146 valence electrons. The Hall–Kier alpha value is -3.22. The smallest absolute Gasteiger partial charge is 0.260 e. The van der Waals surface area contributed by atoms with Crippen molar-refractivity contribution in [1.82, 2.24) is 4.90 Å². The van der Waals surface area contributed by atoms with E-state index in [1.165, 1.54) is 0 Å². The molecule has 0 unspecified atom stereocenters. The maximum absolute atomic E-state index is 12.4. The van der Waals surface area contributed by atoms with Gasteiger partial charge in [-0.15, -0.1) is 0 Å². The van der Waals surface area contributed by atoms with Crippen LogP contribution in [0.5, 0.6) is 17.2 Å². The van der Waals surface area contributed by atoms with Crippen LogP contribution in [0, 0.1) is 0 Å². The molecule has 0 aliphatic carbocycles. The molecular weight excluding hydrogens is 360 g/mol. The number of nitrogens with one attached hydrogen (secondary N) is 1. The molecular formula is C21H22N2O5. The average molecular weight is 382 g/mol. The van der Waals surface area contributed by atoms with Crippen molar-refractivity contribution in [2.24, 2.45) is 0 Å². The molecule has 7 nitrogen and oxygen atoms in total. The van der Waals surface area contributed by atoms with E-state index in [2.05, 4.69) is 5.32 Å². The minimum absolute atomic E-state index is 0.0227. The van der Waals surface area contributed by atoms with Gasteiger partial charge in [-0.05, 0) is 42.3 Å². The van der Waals surface area contributed by atoms with Gasteiger partial charge in [0.2, 0.25) is 5.91 Å². The number of amides is 2. The zero-order valence-electron chi connectivity index (χ0n) is 15.6. The molecule has 0 spiro atoms. The van der Waals surface area contributed by atoms with E-state index >= 15 is 0 Å². The lowest BCUT2D eigenvalue weighted by atomic mass is 10.0. The number of rotatable bonds is 5. The summed E-state index contributed by atoms with van der Waals surface area (Å²) in [5, 5.41) is 2.83. The van der Waals surface area contributed by atoms with Crippen molar-refractivity contribution in [2.75, 3.05) is 32.1 Å². The number of fused-ring (bicyclic) bond motifs is 2. The summed E-state index contributed by atoms with van der Waals surface area (Å²) in [5.41, 5.74) is 1.83. The molecule has 1 atom stereocenters. The molecule has 2 aromatic carbocycles. The first-order chi connectivity index (χ1) is 13.6. The van der Waals surface area contributed by atoms with E-state index in [4.69, 9.17) is 14.2 Å². The standard InChI is InChI=1S/C21H22N2O5/c1-23(11-16-12-27-18-4-2-3-5-19(18)28-16)21(25)13-26-15-7-8-17-14(10-15)6-9-20(24)22-17/h2-5,7-8,10,16H,6,9,11-13H2,1H3,(H,22,24)/t16-/m0/s1. The summed E-state index contributed by atoms with van der Waals surface area (Å²) in [6.07, 6.45) is 0.911. The van der Waals surface area contributed by atoms with E-state index in [1.54, 1.807) is 24.1 Å². The number of ether oxygens (including phenoxy) is 3. The van der Waals surface area contributed by atoms with Gasteiger partial charge >= 0.3 is 0 Å². The van der Waals surface area contributed by atoms with E-state index in [9.17, 15) is 9.59 Å². The third-order valence-corrected chi connectivity index (χ3v) is 4.81.